The van der Waals surface area contributed by atoms with Crippen LogP contribution in [0.4, 0.5) is 0 Å². The Labute approximate surface area is 121 Å². The highest BCUT2D eigenvalue weighted by Crippen LogP contribution is 2.37. The van der Waals surface area contributed by atoms with Crippen LogP contribution in [0.1, 0.15) is 16.7 Å². The molecule has 0 spiro atoms. The maximum Gasteiger partial charge on any atom is 0.149 e. The van der Waals surface area contributed by atoms with Crippen LogP contribution in [0.2, 0.25) is 5.02 Å². The van der Waals surface area contributed by atoms with Crippen LogP contribution in [0, 0.1) is 26.8 Å². The Morgan fingerprint density at radius 2 is 1.94 bits per heavy atom. The highest BCUT2D eigenvalue weighted by molar-refractivity contribution is 9.10. The minimum Gasteiger partial charge on any atom is -0.454 e. The van der Waals surface area contributed by atoms with Crippen LogP contribution >= 0.6 is 27.5 Å². The van der Waals surface area contributed by atoms with E-state index in [-0.39, 0.29) is 0 Å². The van der Waals surface area contributed by atoms with Crippen molar-refractivity contribution in [2.75, 3.05) is 0 Å². The maximum absolute atomic E-state index is 6.26. The van der Waals surface area contributed by atoms with E-state index in [1.807, 2.05) is 45.0 Å². The molecule has 93 valence electrons. The number of ether oxygens (including phenoxy) is 1. The first-order valence-corrected chi connectivity index (χ1v) is 6.77. The van der Waals surface area contributed by atoms with Crippen LogP contribution in [-0.4, -0.2) is 0 Å². The average molecular weight is 325 g/mol. The van der Waals surface area contributed by atoms with Crippen molar-refractivity contribution >= 4 is 27.5 Å². The molecular weight excluding hydrogens is 312 g/mol. The van der Waals surface area contributed by atoms with Crippen molar-refractivity contribution in [3.8, 4) is 11.5 Å². The van der Waals surface area contributed by atoms with Gasteiger partial charge in [0, 0.05) is 0 Å². The lowest BCUT2D eigenvalue weighted by atomic mass is 10.1. The maximum atomic E-state index is 6.26. The molecule has 0 unspecified atom stereocenters. The molecule has 0 fully saturated rings. The molecule has 0 amide bonds. The lowest BCUT2D eigenvalue weighted by Gasteiger charge is -2.13. The Morgan fingerprint density at radius 3 is 2.61 bits per heavy atom. The van der Waals surface area contributed by atoms with Crippen molar-refractivity contribution in [3.05, 3.63) is 56.5 Å². The third-order valence-corrected chi connectivity index (χ3v) is 3.77. The summed E-state index contributed by atoms with van der Waals surface area (Å²) in [6.07, 6.45) is 0. The summed E-state index contributed by atoms with van der Waals surface area (Å²) in [6, 6.07) is 10.9. The van der Waals surface area contributed by atoms with Gasteiger partial charge < -0.3 is 4.74 Å². The van der Waals surface area contributed by atoms with E-state index in [0.717, 1.165) is 21.3 Å². The predicted octanol–water partition coefficient (Wildman–Crippen LogP) is 5.62. The molecule has 3 heteroatoms. The largest absolute Gasteiger partial charge is 0.454 e. The van der Waals surface area contributed by atoms with Gasteiger partial charge in [0.1, 0.15) is 11.5 Å². The Hall–Kier alpha value is -0.990. The molecule has 0 N–H and O–H groups in total. The summed E-state index contributed by atoms with van der Waals surface area (Å²) in [7, 11) is 0. The lowest BCUT2D eigenvalue weighted by molar-refractivity contribution is 0.475. The van der Waals surface area contributed by atoms with Gasteiger partial charge in [-0.05, 0) is 77.7 Å². The summed E-state index contributed by atoms with van der Waals surface area (Å²) in [5.41, 5.74) is 3.04. The van der Waals surface area contributed by atoms with E-state index in [1.54, 1.807) is 0 Å². The number of rotatable bonds is 2. The molecule has 1 radical (unpaired) electrons. The SMILES string of the molecule is Cc1ccc(Oc2c(C)c[c]c(C)c2Cl)c(Br)c1. The molecule has 0 aliphatic heterocycles. The number of hydrogen-bond acceptors (Lipinski definition) is 1. The zero-order chi connectivity index (χ0) is 13.3. The minimum absolute atomic E-state index is 0.613. The molecule has 0 saturated heterocycles. The molecule has 0 aliphatic carbocycles. The normalized spacial score (nSPS) is 10.5. The number of hydrogen-bond donors (Lipinski definition) is 0. The summed E-state index contributed by atoms with van der Waals surface area (Å²) in [5, 5.41) is 0.613. The smallest absolute Gasteiger partial charge is 0.149 e. The fourth-order valence-electron chi connectivity index (χ4n) is 1.61. The third kappa shape index (κ3) is 2.70. The molecule has 1 nitrogen and oxygen atoms in total. The Morgan fingerprint density at radius 1 is 1.22 bits per heavy atom. The van der Waals surface area contributed by atoms with Gasteiger partial charge in [-0.2, -0.15) is 0 Å². The van der Waals surface area contributed by atoms with Gasteiger partial charge in [0.25, 0.3) is 0 Å². The van der Waals surface area contributed by atoms with Gasteiger partial charge in [-0.25, -0.2) is 0 Å². The van der Waals surface area contributed by atoms with Gasteiger partial charge in [-0.3, -0.25) is 0 Å². The highest BCUT2D eigenvalue weighted by atomic mass is 79.9. The van der Waals surface area contributed by atoms with E-state index in [1.165, 1.54) is 5.56 Å². The van der Waals surface area contributed by atoms with Crippen LogP contribution in [0.15, 0.2) is 28.7 Å². The zero-order valence-corrected chi connectivity index (χ0v) is 12.8. The van der Waals surface area contributed by atoms with Gasteiger partial charge >= 0.3 is 0 Å². The van der Waals surface area contributed by atoms with Crippen molar-refractivity contribution in [1.82, 2.24) is 0 Å². The summed E-state index contributed by atoms with van der Waals surface area (Å²) in [6.45, 7) is 5.91. The second-order valence-electron chi connectivity index (χ2n) is 4.28. The van der Waals surface area contributed by atoms with Crippen molar-refractivity contribution < 1.29 is 4.74 Å². The highest BCUT2D eigenvalue weighted by Gasteiger charge is 2.11. The van der Waals surface area contributed by atoms with Gasteiger partial charge in [-0.15, -0.1) is 0 Å². The molecule has 0 aromatic heterocycles. The van der Waals surface area contributed by atoms with Gasteiger partial charge in [0.05, 0.1) is 9.50 Å². The number of halogens is 2. The predicted molar refractivity (Wildman–Crippen MR) is 78.7 cm³/mol. The van der Waals surface area contributed by atoms with E-state index >= 15 is 0 Å². The molecule has 0 saturated carbocycles. The monoisotopic (exact) mass is 323 g/mol. The van der Waals surface area contributed by atoms with Crippen LogP contribution in [0.5, 0.6) is 11.5 Å². The second kappa shape index (κ2) is 5.33. The lowest BCUT2D eigenvalue weighted by Crippen LogP contribution is -1.92. The Bertz CT molecular complexity index is 593. The van der Waals surface area contributed by atoms with Crippen molar-refractivity contribution in [3.63, 3.8) is 0 Å². The van der Waals surface area contributed by atoms with Crippen LogP contribution in [0.3, 0.4) is 0 Å². The Kier molecular flexibility index (Phi) is 3.98. The van der Waals surface area contributed by atoms with E-state index in [9.17, 15) is 0 Å². The quantitative estimate of drug-likeness (QED) is 0.696. The van der Waals surface area contributed by atoms with Gasteiger partial charge in [-0.1, -0.05) is 17.7 Å². The van der Waals surface area contributed by atoms with Gasteiger partial charge in [0.15, 0.2) is 0 Å². The summed E-state index contributed by atoms with van der Waals surface area (Å²) in [5.74, 6) is 1.45. The van der Waals surface area contributed by atoms with Crippen LogP contribution in [0.25, 0.3) is 0 Å². The first-order valence-electron chi connectivity index (χ1n) is 5.60. The molecule has 2 rings (SSSR count). The first-order chi connectivity index (χ1) is 8.49. The molecule has 0 aliphatic rings. The molecular formula is C15H13BrClO. The van der Waals surface area contributed by atoms with Crippen molar-refractivity contribution in [2.24, 2.45) is 0 Å². The topological polar surface area (TPSA) is 9.23 Å². The van der Waals surface area contributed by atoms with Crippen LogP contribution < -0.4 is 4.74 Å². The van der Waals surface area contributed by atoms with E-state index in [2.05, 4.69) is 22.0 Å². The summed E-state index contributed by atoms with van der Waals surface area (Å²) in [4.78, 5) is 0. The standard InChI is InChI=1S/C15H13BrClO/c1-9-4-7-13(12(16)8-9)18-15-11(3)6-5-10(2)14(15)17/h4,6-8H,1-3H3. The molecule has 18 heavy (non-hydrogen) atoms. The number of benzene rings is 2. The fourth-order valence-corrected chi connectivity index (χ4v) is 2.43. The number of aryl methyl sites for hydroxylation is 3. The van der Waals surface area contributed by atoms with Crippen LogP contribution in [-0.2, 0) is 0 Å². The van der Waals surface area contributed by atoms with E-state index < -0.39 is 0 Å². The Balaban J connectivity index is 2.43. The van der Waals surface area contributed by atoms with E-state index in [0.29, 0.717) is 10.8 Å². The van der Waals surface area contributed by atoms with Gasteiger partial charge in [0.2, 0.25) is 0 Å². The average Bonchev–Trinajstić information content (AvgIpc) is 2.32. The third-order valence-electron chi connectivity index (χ3n) is 2.69. The zero-order valence-electron chi connectivity index (χ0n) is 10.5. The molecule has 0 heterocycles. The molecule has 2 aromatic carbocycles. The summed E-state index contributed by atoms with van der Waals surface area (Å²) >= 11 is 9.76. The molecule has 2 aromatic rings. The second-order valence-corrected chi connectivity index (χ2v) is 5.51. The first kappa shape index (κ1) is 13.4. The molecule has 0 bridgehead atoms. The van der Waals surface area contributed by atoms with E-state index in [4.69, 9.17) is 16.3 Å². The summed E-state index contributed by atoms with van der Waals surface area (Å²) < 4.78 is 6.83. The fraction of sp³-hybridized carbons (Fsp3) is 0.200. The minimum atomic E-state index is 0.613. The van der Waals surface area contributed by atoms with Crippen molar-refractivity contribution in [1.29, 1.82) is 0 Å². The molecule has 0 atom stereocenters. The van der Waals surface area contributed by atoms with Crippen molar-refractivity contribution in [2.45, 2.75) is 20.8 Å².